The summed E-state index contributed by atoms with van der Waals surface area (Å²) in [4.78, 5) is 321. The number of aromatic hydroxyl groups is 1. The highest BCUT2D eigenvalue weighted by Crippen LogP contribution is 2.18. The van der Waals surface area contributed by atoms with Gasteiger partial charge in [-0.2, -0.15) is 0 Å². The van der Waals surface area contributed by atoms with Gasteiger partial charge in [0.1, 0.15) is 96.4 Å². The number of aliphatic hydroxyl groups excluding tert-OH is 1. The third kappa shape index (κ3) is 44.8. The lowest BCUT2D eigenvalue weighted by Crippen LogP contribution is -2.61. The third-order valence-electron chi connectivity index (χ3n) is 22.2. The monoisotopic (exact) mass is 2070 g/mol. The number of nitrogens with one attached hydrogen (secondary N) is 21. The van der Waals surface area contributed by atoms with E-state index in [1.807, 2.05) is 0 Å². The fourth-order valence-corrected chi connectivity index (χ4v) is 14.3. The van der Waals surface area contributed by atoms with E-state index in [9.17, 15) is 136 Å². The normalized spacial score (nSPS) is 14.3. The highest BCUT2D eigenvalue weighted by Gasteiger charge is 2.41. The fraction of sp³-hybridized carbons (Fsp3) is 0.511. The summed E-state index contributed by atoms with van der Waals surface area (Å²) in [7, 11) is 0. The number of nitrogens with two attached hydrogens (primary N) is 4. The van der Waals surface area contributed by atoms with E-state index in [1.54, 1.807) is 44.2 Å². The largest absolute Gasteiger partial charge is 0.508 e. The van der Waals surface area contributed by atoms with Gasteiger partial charge in [0.05, 0.1) is 51.0 Å². The van der Waals surface area contributed by atoms with Gasteiger partial charge in [0.15, 0.2) is 5.96 Å². The molecule has 57 heteroatoms. The molecule has 17 amide bonds. The molecule has 57 nitrogen and oxygen atoms in total. The molecule has 0 aliphatic rings. The van der Waals surface area contributed by atoms with Crippen LogP contribution in [0.1, 0.15) is 153 Å². The summed E-state index contributed by atoms with van der Waals surface area (Å²) in [5, 5.41) is 118. The number of hydrogen-bond donors (Lipinski definition) is 32. The van der Waals surface area contributed by atoms with Crippen molar-refractivity contribution in [2.24, 2.45) is 34.8 Å². The lowest BCUT2D eigenvalue weighted by Gasteiger charge is -2.29. The second kappa shape index (κ2) is 62.0. The number of carboxylic acid groups (broad SMARTS) is 5. The van der Waals surface area contributed by atoms with Crippen LogP contribution in [0.4, 0.5) is 0 Å². The Balaban J connectivity index is 1.37. The molecule has 0 bridgehead atoms. The van der Waals surface area contributed by atoms with E-state index in [4.69, 9.17) is 33.5 Å². The molecular formula is C90H130N28O29. The fourth-order valence-electron chi connectivity index (χ4n) is 14.3. The van der Waals surface area contributed by atoms with Crippen molar-refractivity contribution in [2.45, 2.75) is 253 Å². The average Bonchev–Trinajstić information content (AvgIpc) is 1.74. The minimum atomic E-state index is -2.21. The number of carbonyl (C=O) groups excluding carboxylic acids is 17. The molecule has 2 aromatic carbocycles. The van der Waals surface area contributed by atoms with Crippen molar-refractivity contribution in [1.29, 1.82) is 5.41 Å². The van der Waals surface area contributed by atoms with Crippen LogP contribution in [-0.2, 0) is 138 Å². The Kier molecular flexibility index (Phi) is 51.0. The third-order valence-corrected chi connectivity index (χ3v) is 22.2. The summed E-state index contributed by atoms with van der Waals surface area (Å²) >= 11 is 0. The highest BCUT2D eigenvalue weighted by molar-refractivity contribution is 6.02. The van der Waals surface area contributed by atoms with E-state index in [0.717, 1.165) is 6.92 Å². The van der Waals surface area contributed by atoms with Crippen LogP contribution in [-0.4, -0.2) is 325 Å². The second-order valence-corrected chi connectivity index (χ2v) is 35.0. The SMILES string of the molecule is CC(C)C[C@H](NC(=O)[C@H](CCCCN)NC(=O)[C@H](CCC(N)=O)NC(=O)[C@H](Cc1cnc[nH]1)NC(=O)[C@H](Cc1cnc[nH]1)NC(=O)[C@@H](NC(=O)[C@H](CCC(=O)O)NC(=O)[C@H](Cc1ccc(O)cc1)NC(=O)CNC(=O)[C@H](CO)NC(=O)[C@H](CC(=O)O)NC(=O)[C@H](Cc1cnc[nH]1)NC(=O)[C@H](CCCNC(=N)N)NC(=O)[C@H](Cc1ccccc1)NC(=O)[C@H](CCC(=O)O)NC(=O)[C@H](C)NC(=O)[C@@H](N)CC(=O)O)C(C)C)C(=O)O. The van der Waals surface area contributed by atoms with Gasteiger partial charge in [-0.05, 0) is 106 Å². The number of guanidine groups is 1. The Hall–Kier alpha value is -16.6. The van der Waals surface area contributed by atoms with Crippen molar-refractivity contribution in [3.05, 3.63) is 120 Å². The number of imidazole rings is 3. The Bertz CT molecular complexity index is 5310. The van der Waals surface area contributed by atoms with Crippen molar-refractivity contribution < 1.29 is 141 Å². The van der Waals surface area contributed by atoms with Gasteiger partial charge < -0.3 is 164 Å². The number of aromatic nitrogens is 6. The molecule has 0 fully saturated rings. The zero-order valence-electron chi connectivity index (χ0n) is 81.1. The first-order valence-corrected chi connectivity index (χ1v) is 46.6. The number of amides is 17. The van der Waals surface area contributed by atoms with Crippen molar-refractivity contribution in [3.63, 3.8) is 0 Å². The highest BCUT2D eigenvalue weighted by atomic mass is 16.4. The average molecular weight is 2070 g/mol. The number of unbranched alkanes of at least 4 members (excludes halogenated alkanes) is 1. The van der Waals surface area contributed by atoms with E-state index in [-0.39, 0.29) is 85.9 Å². The van der Waals surface area contributed by atoms with E-state index in [0.29, 0.717) is 12.0 Å². The molecule has 0 saturated heterocycles. The number of aliphatic carboxylic acids is 5. The Morgan fingerprint density at radius 2 is 0.748 bits per heavy atom. The molecule has 0 aliphatic heterocycles. The van der Waals surface area contributed by atoms with Gasteiger partial charge in [-0.15, -0.1) is 0 Å². The number of carbonyl (C=O) groups is 22. The number of carboxylic acids is 5. The molecule has 0 spiro atoms. The number of aromatic amines is 3. The van der Waals surface area contributed by atoms with Crippen LogP contribution >= 0.6 is 0 Å². The number of phenolic OH excluding ortho intramolecular Hbond substituents is 1. The van der Waals surface area contributed by atoms with E-state index in [2.05, 4.69) is 120 Å². The number of primary amides is 1. The molecule has 0 saturated carbocycles. The van der Waals surface area contributed by atoms with Crippen molar-refractivity contribution in [1.82, 2.24) is 120 Å². The van der Waals surface area contributed by atoms with Gasteiger partial charge in [0.2, 0.25) is 100 Å². The number of phenols is 1. The molecule has 0 radical (unpaired) electrons. The van der Waals surface area contributed by atoms with Crippen LogP contribution in [0.15, 0.2) is 92.2 Å². The number of benzene rings is 2. The van der Waals surface area contributed by atoms with Crippen molar-refractivity contribution in [2.75, 3.05) is 26.2 Å². The van der Waals surface area contributed by atoms with Crippen LogP contribution in [0.5, 0.6) is 5.75 Å². The minimum absolute atomic E-state index is 0.0156. The van der Waals surface area contributed by atoms with Gasteiger partial charge in [-0.25, -0.2) is 19.7 Å². The molecule has 147 heavy (non-hydrogen) atoms. The number of nitrogens with zero attached hydrogens (tertiary/aromatic N) is 3. The molecule has 3 heterocycles. The maximum absolute atomic E-state index is 14.9. The Morgan fingerprint density at radius 1 is 0.374 bits per heavy atom. The first kappa shape index (κ1) is 121. The maximum Gasteiger partial charge on any atom is 0.326 e. The molecule has 16 atom stereocenters. The second-order valence-electron chi connectivity index (χ2n) is 35.0. The summed E-state index contributed by atoms with van der Waals surface area (Å²) in [6.07, 6.45) is -0.676. The van der Waals surface area contributed by atoms with Crippen LogP contribution < -0.4 is 113 Å². The molecule has 5 aromatic rings. The van der Waals surface area contributed by atoms with Crippen molar-refractivity contribution >= 4 is 136 Å². The smallest absolute Gasteiger partial charge is 0.326 e. The lowest BCUT2D eigenvalue weighted by atomic mass is 10.00. The first-order valence-electron chi connectivity index (χ1n) is 46.6. The first-order chi connectivity index (χ1) is 69.5. The topological polar surface area (TPSA) is 936 Å². The molecule has 36 N–H and O–H groups in total. The number of aliphatic hydroxyl groups is 1. The van der Waals surface area contributed by atoms with Gasteiger partial charge in [-0.3, -0.25) is 106 Å². The summed E-state index contributed by atoms with van der Waals surface area (Å²) < 4.78 is 0. The predicted octanol–water partition coefficient (Wildman–Crippen LogP) is -9.07. The van der Waals surface area contributed by atoms with E-state index >= 15 is 0 Å². The van der Waals surface area contributed by atoms with Crippen molar-refractivity contribution in [3.8, 4) is 5.75 Å². The molecule has 0 aliphatic carbocycles. The number of rotatable bonds is 68. The standard InChI is InChI=1S/C90H130N28O29/c1-44(2)28-65(89(146)147)116-78(135)54(14-9-10-26-91)107-79(136)56(20-23-67(93)121)109-84(141)61(31-49-36-96-41-101-49)113-86(143)63(33-51-38-98-43-103-51)115-88(145)73(45(3)4)118-81(138)58(22-25-70(125)126)110-82(139)59(30-48-16-18-52(120)19-17-48)105-68(122)39-100-76(133)66(40-119)117-87(144)64(35-72(129)130)114-85(142)62(32-50-37-97-42-102-50)112-77(134)55(15-11-27-99-90(94)95)108-83(140)60(29-47-12-7-6-8-13-47)111-80(137)57(21-24-69(123)124)106-74(131)46(5)104-75(132)53(92)34-71(127)128/h6-8,12-13,16-19,36-38,41-46,53-66,73,119-120H,9-11,14-15,20-35,39-40,91-92H2,1-5H3,(H2,93,121)(H,96,101)(H,97,102)(H,98,103)(H,100,133)(H,104,132)(H,105,122)(H,106,131)(H,107,136)(H,108,140)(H,109,141)(H,110,139)(H,111,137)(H,112,134)(H,113,143)(H,114,142)(H,115,145)(H,116,135)(H,117,144)(H,118,138)(H,123,124)(H,125,126)(H,127,128)(H,129,130)(H,146,147)(H4,94,95,99)/t46-,53-,54-,55-,56-,57-,58-,59-,60-,61-,62-,63-,64-,65-,66-,73-/m0/s1. The zero-order valence-corrected chi connectivity index (χ0v) is 81.1. The molecule has 804 valence electrons. The predicted molar refractivity (Wildman–Crippen MR) is 512 cm³/mol. The van der Waals surface area contributed by atoms with Crippen LogP contribution in [0.2, 0.25) is 0 Å². The van der Waals surface area contributed by atoms with Gasteiger partial charge >= 0.3 is 29.8 Å². The Morgan fingerprint density at radius 3 is 1.15 bits per heavy atom. The molecule has 3 aromatic heterocycles. The van der Waals surface area contributed by atoms with E-state index in [1.165, 1.54) is 75.7 Å². The summed E-state index contributed by atoms with van der Waals surface area (Å²) in [5.41, 5.74) is 23.5. The number of H-pyrrole nitrogens is 3. The quantitative estimate of drug-likeness (QED) is 0.00976. The van der Waals surface area contributed by atoms with Crippen LogP contribution in [0.25, 0.3) is 0 Å². The zero-order chi connectivity index (χ0) is 109. The van der Waals surface area contributed by atoms with Gasteiger partial charge in [-0.1, -0.05) is 70.2 Å². The van der Waals surface area contributed by atoms with E-state index < -0.39 is 329 Å². The minimum Gasteiger partial charge on any atom is -0.508 e. The summed E-state index contributed by atoms with van der Waals surface area (Å²) in [6, 6.07) is -14.9. The summed E-state index contributed by atoms with van der Waals surface area (Å²) in [5.74, 6) is -29.0. The maximum atomic E-state index is 14.9. The Labute approximate surface area is 840 Å². The molecule has 0 unspecified atom stereocenters. The summed E-state index contributed by atoms with van der Waals surface area (Å²) in [6.45, 7) is 5.12. The lowest BCUT2D eigenvalue weighted by molar-refractivity contribution is -0.143. The van der Waals surface area contributed by atoms with Gasteiger partial charge in [0, 0.05) is 93.6 Å². The molecule has 5 rings (SSSR count). The number of hydrogen-bond acceptors (Lipinski definition) is 30. The van der Waals surface area contributed by atoms with Crippen LogP contribution in [0, 0.1) is 17.2 Å². The van der Waals surface area contributed by atoms with Gasteiger partial charge in [0.25, 0.3) is 0 Å². The van der Waals surface area contributed by atoms with Crippen LogP contribution in [0.3, 0.4) is 0 Å². The molecular weight excluding hydrogens is 1940 g/mol.